The number of ether oxygens (including phenoxy) is 2. The summed E-state index contributed by atoms with van der Waals surface area (Å²) in [6.45, 7) is 0.974. The number of halogens is 2. The Bertz CT molecular complexity index is 676. The molecule has 2 aromatic carbocycles. The smallest absolute Gasteiger partial charge is 0.164 e. The molecule has 1 aliphatic rings. The third-order valence-electron chi connectivity index (χ3n) is 3.75. The van der Waals surface area contributed by atoms with E-state index in [9.17, 15) is 8.78 Å². The molecule has 1 heterocycles. The lowest BCUT2D eigenvalue weighted by molar-refractivity contribution is 0.226. The van der Waals surface area contributed by atoms with E-state index in [1.807, 2.05) is 18.2 Å². The zero-order valence-corrected chi connectivity index (χ0v) is 12.2. The van der Waals surface area contributed by atoms with Crippen LogP contribution >= 0.6 is 0 Å². The first-order valence-corrected chi connectivity index (χ1v) is 7.13. The standard InChI is InChI=1S/C17H17F2NO2/c1-21-16-4-2-3-12-8-13(10-22-17(12)16)20-9-11-5-6-14(18)15(19)7-11/h2-7,13,20H,8-10H2,1H3/t13-/m1/s1. The van der Waals surface area contributed by atoms with E-state index in [2.05, 4.69) is 5.32 Å². The van der Waals surface area contributed by atoms with E-state index in [-0.39, 0.29) is 6.04 Å². The minimum atomic E-state index is -0.828. The fraction of sp³-hybridized carbons (Fsp3) is 0.294. The summed E-state index contributed by atoms with van der Waals surface area (Å²) in [5, 5.41) is 3.31. The Balaban J connectivity index is 1.64. The molecule has 0 fully saturated rings. The van der Waals surface area contributed by atoms with E-state index in [1.165, 1.54) is 6.07 Å². The van der Waals surface area contributed by atoms with Crippen molar-refractivity contribution in [3.8, 4) is 11.5 Å². The molecule has 2 aromatic rings. The third-order valence-corrected chi connectivity index (χ3v) is 3.75. The fourth-order valence-electron chi connectivity index (χ4n) is 2.60. The quantitative estimate of drug-likeness (QED) is 0.941. The lowest BCUT2D eigenvalue weighted by Gasteiger charge is -2.27. The van der Waals surface area contributed by atoms with E-state index in [4.69, 9.17) is 9.47 Å². The van der Waals surface area contributed by atoms with Gasteiger partial charge in [-0.25, -0.2) is 8.78 Å². The van der Waals surface area contributed by atoms with Crippen molar-refractivity contribution in [2.75, 3.05) is 13.7 Å². The van der Waals surface area contributed by atoms with Crippen LogP contribution in [-0.4, -0.2) is 19.8 Å². The van der Waals surface area contributed by atoms with E-state index in [1.54, 1.807) is 13.2 Å². The minimum Gasteiger partial charge on any atom is -0.493 e. The molecule has 0 unspecified atom stereocenters. The summed E-state index contributed by atoms with van der Waals surface area (Å²) in [6, 6.07) is 9.85. The van der Waals surface area contributed by atoms with Crippen LogP contribution in [0, 0.1) is 11.6 Å². The second-order valence-corrected chi connectivity index (χ2v) is 5.29. The maximum Gasteiger partial charge on any atom is 0.164 e. The van der Waals surface area contributed by atoms with Crippen LogP contribution in [0.4, 0.5) is 8.78 Å². The van der Waals surface area contributed by atoms with Crippen molar-refractivity contribution in [1.82, 2.24) is 5.32 Å². The summed E-state index contributed by atoms with van der Waals surface area (Å²) >= 11 is 0. The van der Waals surface area contributed by atoms with Crippen LogP contribution in [0.2, 0.25) is 0 Å². The number of para-hydroxylation sites is 1. The summed E-state index contributed by atoms with van der Waals surface area (Å²) in [5.74, 6) is -0.132. The predicted molar refractivity (Wildman–Crippen MR) is 79.2 cm³/mol. The molecule has 1 N–H and O–H groups in total. The zero-order valence-electron chi connectivity index (χ0n) is 12.2. The maximum absolute atomic E-state index is 13.2. The summed E-state index contributed by atoms with van der Waals surface area (Å²) < 4.78 is 37.1. The van der Waals surface area contributed by atoms with Gasteiger partial charge in [-0.15, -0.1) is 0 Å². The molecule has 3 rings (SSSR count). The largest absolute Gasteiger partial charge is 0.493 e. The predicted octanol–water partition coefficient (Wildman–Crippen LogP) is 3.07. The van der Waals surface area contributed by atoms with Crippen LogP contribution in [0.25, 0.3) is 0 Å². The minimum absolute atomic E-state index is 0.118. The number of methoxy groups -OCH3 is 1. The average Bonchev–Trinajstić information content (AvgIpc) is 2.55. The molecule has 0 aliphatic carbocycles. The van der Waals surface area contributed by atoms with Crippen LogP contribution in [0.1, 0.15) is 11.1 Å². The van der Waals surface area contributed by atoms with Crippen LogP contribution in [0.5, 0.6) is 11.5 Å². The van der Waals surface area contributed by atoms with E-state index in [0.29, 0.717) is 18.7 Å². The van der Waals surface area contributed by atoms with Crippen molar-refractivity contribution in [3.05, 3.63) is 59.2 Å². The summed E-state index contributed by atoms with van der Waals surface area (Å²) in [5.41, 5.74) is 1.78. The fourth-order valence-corrected chi connectivity index (χ4v) is 2.60. The van der Waals surface area contributed by atoms with Gasteiger partial charge in [-0.05, 0) is 35.7 Å². The number of benzene rings is 2. The molecule has 3 nitrogen and oxygen atoms in total. The van der Waals surface area contributed by atoms with Crippen LogP contribution in [0.15, 0.2) is 36.4 Å². The number of fused-ring (bicyclic) bond motifs is 1. The molecule has 0 spiro atoms. The Morgan fingerprint density at radius 3 is 2.86 bits per heavy atom. The van der Waals surface area contributed by atoms with Crippen molar-refractivity contribution in [1.29, 1.82) is 0 Å². The normalized spacial score (nSPS) is 16.8. The van der Waals surface area contributed by atoms with Gasteiger partial charge < -0.3 is 14.8 Å². The zero-order chi connectivity index (χ0) is 15.5. The first-order chi connectivity index (χ1) is 10.7. The maximum atomic E-state index is 13.2. The van der Waals surface area contributed by atoms with Gasteiger partial charge in [0, 0.05) is 12.6 Å². The van der Waals surface area contributed by atoms with Crippen molar-refractivity contribution in [3.63, 3.8) is 0 Å². The molecule has 1 aliphatic heterocycles. The van der Waals surface area contributed by atoms with Gasteiger partial charge in [0.05, 0.1) is 7.11 Å². The van der Waals surface area contributed by atoms with E-state index in [0.717, 1.165) is 29.5 Å². The van der Waals surface area contributed by atoms with Crippen LogP contribution in [0.3, 0.4) is 0 Å². The molecule has 0 aromatic heterocycles. The van der Waals surface area contributed by atoms with Gasteiger partial charge in [-0.3, -0.25) is 0 Å². The van der Waals surface area contributed by atoms with Crippen molar-refractivity contribution in [2.24, 2.45) is 0 Å². The number of hydrogen-bond acceptors (Lipinski definition) is 3. The number of nitrogens with one attached hydrogen (secondary N) is 1. The monoisotopic (exact) mass is 305 g/mol. The summed E-state index contributed by atoms with van der Waals surface area (Å²) in [4.78, 5) is 0. The van der Waals surface area contributed by atoms with E-state index >= 15 is 0 Å². The highest BCUT2D eigenvalue weighted by atomic mass is 19.2. The number of hydrogen-bond donors (Lipinski definition) is 1. The molecule has 0 bridgehead atoms. The van der Waals surface area contributed by atoms with Gasteiger partial charge in [0.2, 0.25) is 0 Å². The molecule has 5 heteroatoms. The second kappa shape index (κ2) is 6.32. The molecule has 0 radical (unpaired) electrons. The molecule has 0 amide bonds. The molecule has 116 valence electrons. The lowest BCUT2D eigenvalue weighted by Crippen LogP contribution is -2.38. The highest BCUT2D eigenvalue weighted by Gasteiger charge is 2.22. The van der Waals surface area contributed by atoms with Gasteiger partial charge in [0.1, 0.15) is 6.61 Å². The molecular weight excluding hydrogens is 288 g/mol. The first kappa shape index (κ1) is 14.8. The summed E-state index contributed by atoms with van der Waals surface area (Å²) in [6.07, 6.45) is 0.802. The molecule has 0 saturated carbocycles. The highest BCUT2D eigenvalue weighted by Crippen LogP contribution is 2.34. The van der Waals surface area contributed by atoms with Crippen LogP contribution in [-0.2, 0) is 13.0 Å². The SMILES string of the molecule is COc1cccc2c1OC[C@H](NCc1ccc(F)c(F)c1)C2. The number of rotatable bonds is 4. The third kappa shape index (κ3) is 3.04. The van der Waals surface area contributed by atoms with E-state index < -0.39 is 11.6 Å². The van der Waals surface area contributed by atoms with Crippen molar-refractivity contribution < 1.29 is 18.3 Å². The second-order valence-electron chi connectivity index (χ2n) is 5.29. The topological polar surface area (TPSA) is 30.5 Å². The average molecular weight is 305 g/mol. The van der Waals surface area contributed by atoms with Gasteiger partial charge in [0.25, 0.3) is 0 Å². The van der Waals surface area contributed by atoms with Gasteiger partial charge in [0.15, 0.2) is 23.1 Å². The Hall–Kier alpha value is -2.14. The van der Waals surface area contributed by atoms with Crippen molar-refractivity contribution in [2.45, 2.75) is 19.0 Å². The Kier molecular flexibility index (Phi) is 4.24. The Morgan fingerprint density at radius 2 is 2.09 bits per heavy atom. The molecule has 1 atom stereocenters. The molecule has 0 saturated heterocycles. The molecular formula is C17H17F2NO2. The van der Waals surface area contributed by atoms with Crippen LogP contribution < -0.4 is 14.8 Å². The van der Waals surface area contributed by atoms with Crippen molar-refractivity contribution >= 4 is 0 Å². The van der Waals surface area contributed by atoms with Gasteiger partial charge >= 0.3 is 0 Å². The Morgan fingerprint density at radius 1 is 1.23 bits per heavy atom. The van der Waals surface area contributed by atoms with Gasteiger partial charge in [-0.1, -0.05) is 18.2 Å². The Labute approximate surface area is 127 Å². The first-order valence-electron chi connectivity index (χ1n) is 7.13. The van der Waals surface area contributed by atoms with Gasteiger partial charge in [-0.2, -0.15) is 0 Å². The summed E-state index contributed by atoms with van der Waals surface area (Å²) in [7, 11) is 1.62. The lowest BCUT2D eigenvalue weighted by atomic mass is 10.0. The highest BCUT2D eigenvalue weighted by molar-refractivity contribution is 5.48. The molecule has 22 heavy (non-hydrogen) atoms.